The summed E-state index contributed by atoms with van der Waals surface area (Å²) < 4.78 is 0. The number of hydrazone groups is 1. The molecule has 2 rings (SSSR count). The van der Waals surface area contributed by atoms with Crippen LogP contribution < -0.4 is 10.5 Å². The number of rotatable bonds is 3. The van der Waals surface area contributed by atoms with Gasteiger partial charge in [0.25, 0.3) is 0 Å². The van der Waals surface area contributed by atoms with Crippen LogP contribution in [0.1, 0.15) is 43.0 Å². The first-order chi connectivity index (χ1) is 9.08. The molecule has 0 saturated heterocycles. The van der Waals surface area contributed by atoms with Gasteiger partial charge in [0.15, 0.2) is 0 Å². The highest BCUT2D eigenvalue weighted by Crippen LogP contribution is 2.25. The summed E-state index contributed by atoms with van der Waals surface area (Å²) in [7, 11) is 0. The van der Waals surface area contributed by atoms with Crippen molar-refractivity contribution in [1.29, 1.82) is 0 Å². The molecular weight excluding hydrogens is 264 g/mol. The number of halogens is 1. The van der Waals surface area contributed by atoms with Crippen LogP contribution in [0.3, 0.4) is 0 Å². The van der Waals surface area contributed by atoms with Crippen LogP contribution in [-0.2, 0) is 0 Å². The van der Waals surface area contributed by atoms with Crippen LogP contribution in [0, 0.1) is 5.92 Å². The van der Waals surface area contributed by atoms with Crippen LogP contribution >= 0.6 is 11.6 Å². The van der Waals surface area contributed by atoms with Crippen LogP contribution in [-0.4, -0.2) is 11.7 Å². The molecule has 5 heteroatoms. The van der Waals surface area contributed by atoms with Gasteiger partial charge in [0, 0.05) is 5.71 Å². The fourth-order valence-corrected chi connectivity index (χ4v) is 2.37. The fourth-order valence-electron chi connectivity index (χ4n) is 2.21. The van der Waals surface area contributed by atoms with Crippen molar-refractivity contribution in [3.8, 4) is 0 Å². The largest absolute Gasteiger partial charge is 0.545 e. The summed E-state index contributed by atoms with van der Waals surface area (Å²) in [5.41, 5.74) is 4.57. The van der Waals surface area contributed by atoms with Gasteiger partial charge in [-0.1, -0.05) is 31.0 Å². The lowest BCUT2D eigenvalue weighted by molar-refractivity contribution is -0.255. The number of benzene rings is 1. The SMILES string of the molecule is C[C@H]1CCCC/C1=N/Nc1cc(C(=O)[O-])ccc1Cl. The molecule has 4 nitrogen and oxygen atoms in total. The minimum Gasteiger partial charge on any atom is -0.545 e. The van der Waals surface area contributed by atoms with Crippen molar-refractivity contribution in [1.82, 2.24) is 0 Å². The van der Waals surface area contributed by atoms with E-state index in [2.05, 4.69) is 17.5 Å². The lowest BCUT2D eigenvalue weighted by atomic mass is 9.89. The molecule has 0 aromatic heterocycles. The van der Waals surface area contributed by atoms with Crippen molar-refractivity contribution in [2.24, 2.45) is 11.0 Å². The number of carbonyl (C=O) groups is 1. The standard InChI is InChI=1S/C14H17ClN2O2/c1-9-4-2-3-5-12(9)16-17-13-8-10(14(18)19)6-7-11(13)15/h6-9,17H,2-5H2,1H3,(H,18,19)/p-1/b16-12-/t9-/m0/s1. The number of carboxylic acids is 1. The van der Waals surface area contributed by atoms with Crippen LogP contribution in [0.5, 0.6) is 0 Å². The molecule has 0 unspecified atom stereocenters. The summed E-state index contributed by atoms with van der Waals surface area (Å²) in [5.74, 6) is -0.761. The number of carboxylic acid groups (broad SMARTS) is 1. The molecule has 1 atom stereocenters. The Morgan fingerprint density at radius 1 is 1.47 bits per heavy atom. The first kappa shape index (κ1) is 13.9. The Bertz CT molecular complexity index is 514. The quantitative estimate of drug-likeness (QED) is 0.865. The third-order valence-corrected chi connectivity index (χ3v) is 3.74. The van der Waals surface area contributed by atoms with Crippen LogP contribution in [0.25, 0.3) is 0 Å². The fraction of sp³-hybridized carbons (Fsp3) is 0.429. The molecule has 1 aromatic carbocycles. The first-order valence-corrected chi connectivity index (χ1v) is 6.79. The number of hydrogen-bond acceptors (Lipinski definition) is 4. The first-order valence-electron chi connectivity index (χ1n) is 6.41. The number of nitrogens with zero attached hydrogens (tertiary/aromatic N) is 1. The Hall–Kier alpha value is -1.55. The van der Waals surface area contributed by atoms with Gasteiger partial charge in [-0.3, -0.25) is 5.43 Å². The summed E-state index contributed by atoms with van der Waals surface area (Å²) in [6.45, 7) is 2.15. The maximum atomic E-state index is 10.8. The van der Waals surface area contributed by atoms with Crippen molar-refractivity contribution in [2.75, 3.05) is 5.43 Å². The van der Waals surface area contributed by atoms with E-state index < -0.39 is 5.97 Å². The Morgan fingerprint density at radius 2 is 2.26 bits per heavy atom. The molecule has 0 bridgehead atoms. The molecule has 0 radical (unpaired) electrons. The molecule has 1 aromatic rings. The highest BCUT2D eigenvalue weighted by molar-refractivity contribution is 6.33. The Morgan fingerprint density at radius 3 is 2.95 bits per heavy atom. The van der Waals surface area contributed by atoms with Gasteiger partial charge in [-0.05, 0) is 42.9 Å². The van der Waals surface area contributed by atoms with Crippen LogP contribution in [0.15, 0.2) is 23.3 Å². The smallest absolute Gasteiger partial charge is 0.0754 e. The van der Waals surface area contributed by atoms with Crippen molar-refractivity contribution in [3.63, 3.8) is 0 Å². The monoisotopic (exact) mass is 279 g/mol. The summed E-state index contributed by atoms with van der Waals surface area (Å²) >= 11 is 6.01. The van der Waals surface area contributed by atoms with E-state index in [0.717, 1.165) is 25.0 Å². The average molecular weight is 280 g/mol. The Labute approximate surface area is 117 Å². The number of nitrogens with one attached hydrogen (secondary N) is 1. The van der Waals surface area contributed by atoms with Crippen molar-refractivity contribution in [3.05, 3.63) is 28.8 Å². The third kappa shape index (κ3) is 3.47. The molecule has 0 spiro atoms. The maximum absolute atomic E-state index is 10.8. The second-order valence-electron chi connectivity index (χ2n) is 4.84. The van der Waals surface area contributed by atoms with E-state index in [0.29, 0.717) is 16.6 Å². The number of anilines is 1. The highest BCUT2D eigenvalue weighted by atomic mass is 35.5. The summed E-state index contributed by atoms with van der Waals surface area (Å²) in [4.78, 5) is 10.8. The minimum atomic E-state index is -1.22. The van der Waals surface area contributed by atoms with E-state index in [4.69, 9.17) is 11.6 Å². The molecule has 0 aliphatic heterocycles. The highest BCUT2D eigenvalue weighted by Gasteiger charge is 2.15. The summed E-state index contributed by atoms with van der Waals surface area (Å²) in [6, 6.07) is 4.38. The lowest BCUT2D eigenvalue weighted by Gasteiger charge is -2.20. The predicted octanol–water partition coefficient (Wildman–Crippen LogP) is 2.68. The van der Waals surface area contributed by atoms with E-state index in [1.165, 1.54) is 24.6 Å². The van der Waals surface area contributed by atoms with Crippen molar-refractivity contribution >= 4 is 29.0 Å². The van der Waals surface area contributed by atoms with E-state index in [1.54, 1.807) is 0 Å². The van der Waals surface area contributed by atoms with E-state index in [9.17, 15) is 9.90 Å². The van der Waals surface area contributed by atoms with Gasteiger partial charge in [0.2, 0.25) is 0 Å². The molecule has 102 valence electrons. The Kier molecular flexibility index (Phi) is 4.43. The number of carbonyl (C=O) groups excluding carboxylic acids is 1. The average Bonchev–Trinajstić information content (AvgIpc) is 2.39. The third-order valence-electron chi connectivity index (χ3n) is 3.41. The van der Waals surface area contributed by atoms with Gasteiger partial charge in [0.1, 0.15) is 0 Å². The maximum Gasteiger partial charge on any atom is 0.0754 e. The van der Waals surface area contributed by atoms with Crippen LogP contribution in [0.2, 0.25) is 5.02 Å². The van der Waals surface area contributed by atoms with Gasteiger partial charge in [-0.25, -0.2) is 0 Å². The normalized spacial score (nSPS) is 21.4. The number of hydrogen-bond donors (Lipinski definition) is 1. The summed E-state index contributed by atoms with van der Waals surface area (Å²) in [6.07, 6.45) is 4.51. The molecule has 1 N–H and O–H groups in total. The molecular formula is C14H16ClN2O2-. The second-order valence-corrected chi connectivity index (χ2v) is 5.25. The molecule has 1 saturated carbocycles. The van der Waals surface area contributed by atoms with Crippen molar-refractivity contribution in [2.45, 2.75) is 32.6 Å². The summed E-state index contributed by atoms with van der Waals surface area (Å²) in [5, 5.41) is 15.6. The molecule has 1 aliphatic carbocycles. The number of aromatic carboxylic acids is 1. The van der Waals surface area contributed by atoms with E-state index in [1.807, 2.05) is 0 Å². The lowest BCUT2D eigenvalue weighted by Crippen LogP contribution is -2.22. The van der Waals surface area contributed by atoms with Gasteiger partial charge in [-0.15, -0.1) is 0 Å². The molecule has 1 aliphatic rings. The molecule has 0 amide bonds. The molecule has 0 heterocycles. The van der Waals surface area contributed by atoms with E-state index >= 15 is 0 Å². The zero-order valence-corrected chi connectivity index (χ0v) is 11.5. The van der Waals surface area contributed by atoms with E-state index in [-0.39, 0.29) is 5.56 Å². The minimum absolute atomic E-state index is 0.0868. The van der Waals surface area contributed by atoms with Gasteiger partial charge in [-0.2, -0.15) is 5.10 Å². The zero-order valence-electron chi connectivity index (χ0n) is 10.8. The van der Waals surface area contributed by atoms with Gasteiger partial charge >= 0.3 is 0 Å². The van der Waals surface area contributed by atoms with Gasteiger partial charge < -0.3 is 9.90 Å². The van der Waals surface area contributed by atoms with Crippen LogP contribution in [0.4, 0.5) is 5.69 Å². The van der Waals surface area contributed by atoms with Gasteiger partial charge in [0.05, 0.1) is 16.7 Å². The Balaban J connectivity index is 2.16. The zero-order chi connectivity index (χ0) is 13.8. The topological polar surface area (TPSA) is 64.5 Å². The predicted molar refractivity (Wildman–Crippen MR) is 74.5 cm³/mol. The molecule has 1 fully saturated rings. The molecule has 19 heavy (non-hydrogen) atoms. The second kappa shape index (κ2) is 6.06. The van der Waals surface area contributed by atoms with Crippen molar-refractivity contribution < 1.29 is 9.90 Å².